The SMILES string of the molecule is CC(C)(C)c1ccc(N2c3cc(-c4ccccc4)ccc3B3c4c2cccc4N(c2ccc(C(C)(C)C)cc2)c2c3c3sc4ccccc4c3n2-c2ccccc2)cc1. The van der Waals surface area contributed by atoms with Gasteiger partial charge >= 0.3 is 0 Å². The van der Waals surface area contributed by atoms with Crippen molar-refractivity contribution in [3.8, 4) is 16.8 Å². The van der Waals surface area contributed by atoms with Crippen LogP contribution >= 0.6 is 11.3 Å². The van der Waals surface area contributed by atoms with Crippen molar-refractivity contribution in [3.63, 3.8) is 0 Å². The van der Waals surface area contributed by atoms with Crippen molar-refractivity contribution in [2.24, 2.45) is 0 Å². The highest BCUT2D eigenvalue weighted by atomic mass is 32.1. The number of hydrogen-bond donors (Lipinski definition) is 0. The zero-order chi connectivity index (χ0) is 40.2. The van der Waals surface area contributed by atoms with Crippen molar-refractivity contribution in [3.05, 3.63) is 181 Å². The van der Waals surface area contributed by atoms with Crippen molar-refractivity contribution < 1.29 is 0 Å². The lowest BCUT2D eigenvalue weighted by Crippen LogP contribution is -2.61. The second kappa shape index (κ2) is 13.1. The van der Waals surface area contributed by atoms with Crippen LogP contribution in [0.4, 0.5) is 34.3 Å². The van der Waals surface area contributed by atoms with E-state index in [-0.39, 0.29) is 17.5 Å². The molecule has 0 bridgehead atoms. The van der Waals surface area contributed by atoms with Gasteiger partial charge in [-0.2, -0.15) is 0 Å². The Balaban J connectivity index is 1.27. The Morgan fingerprint density at radius 3 is 1.68 bits per heavy atom. The number of fused-ring (bicyclic) bond motifs is 8. The molecule has 0 saturated carbocycles. The summed E-state index contributed by atoms with van der Waals surface area (Å²) in [5.74, 6) is 1.21. The summed E-state index contributed by atoms with van der Waals surface area (Å²) in [4.78, 5) is 5.10. The Labute approximate surface area is 351 Å². The lowest BCUT2D eigenvalue weighted by Gasteiger charge is -2.43. The van der Waals surface area contributed by atoms with E-state index in [1.165, 1.54) is 81.8 Å². The van der Waals surface area contributed by atoms with Crippen LogP contribution in [0.25, 0.3) is 37.1 Å². The normalized spacial score (nSPS) is 13.5. The van der Waals surface area contributed by atoms with Gasteiger partial charge in [0.05, 0.1) is 10.2 Å². The van der Waals surface area contributed by atoms with Crippen LogP contribution in [-0.4, -0.2) is 11.3 Å². The van der Waals surface area contributed by atoms with Gasteiger partial charge in [0.1, 0.15) is 5.82 Å². The summed E-state index contributed by atoms with van der Waals surface area (Å²) in [5.41, 5.74) is 17.6. The summed E-state index contributed by atoms with van der Waals surface area (Å²) < 4.78 is 5.21. The summed E-state index contributed by atoms with van der Waals surface area (Å²) in [6, 6.07) is 63.6. The molecule has 3 nitrogen and oxygen atoms in total. The van der Waals surface area contributed by atoms with E-state index in [9.17, 15) is 0 Å². The zero-order valence-corrected chi connectivity index (χ0v) is 35.3. The molecule has 0 unspecified atom stereocenters. The highest BCUT2D eigenvalue weighted by Gasteiger charge is 2.47. The maximum atomic E-state index is 2.57. The van der Waals surface area contributed by atoms with Gasteiger partial charge in [-0.05, 0) is 110 Å². The van der Waals surface area contributed by atoms with E-state index in [0.29, 0.717) is 0 Å². The molecule has 59 heavy (non-hydrogen) atoms. The van der Waals surface area contributed by atoms with Crippen molar-refractivity contribution >= 4 is 89.0 Å². The number of hydrogen-bond acceptors (Lipinski definition) is 3. The summed E-state index contributed by atoms with van der Waals surface area (Å²) >= 11 is 1.93. The standard InChI is InChI=1S/C54H46BN3S/c1-53(2,3)37-25-29-40(30-26-37)56-44-21-15-22-45-48(44)55(43-33-24-36(34-46(43)56)35-16-9-7-10-17-35)49-51-50(42-20-13-14-23-47(42)59-51)58(39-18-11-8-12-19-39)52(49)57(45)41-31-27-38(28-32-41)54(4,5)6/h7-34H,1-6H3. The fourth-order valence-electron chi connectivity index (χ4n) is 9.55. The Hall–Kier alpha value is -6.30. The Morgan fingerprint density at radius 2 is 1.03 bits per heavy atom. The smallest absolute Gasteiger partial charge is 0.256 e. The third-order valence-corrected chi connectivity index (χ3v) is 13.7. The topological polar surface area (TPSA) is 11.4 Å². The minimum Gasteiger partial charge on any atom is -0.311 e. The predicted molar refractivity (Wildman–Crippen MR) is 256 cm³/mol. The molecule has 0 aliphatic carbocycles. The minimum atomic E-state index is -0.00764. The Morgan fingerprint density at radius 1 is 0.458 bits per heavy atom. The third kappa shape index (κ3) is 5.55. The molecule has 0 saturated heterocycles. The molecule has 0 amide bonds. The summed E-state index contributed by atoms with van der Waals surface area (Å²) in [6.07, 6.45) is 0. The fourth-order valence-corrected chi connectivity index (χ4v) is 10.8. The van der Waals surface area contributed by atoms with Crippen molar-refractivity contribution in [1.29, 1.82) is 0 Å². The quantitative estimate of drug-likeness (QED) is 0.165. The molecule has 2 aliphatic rings. The van der Waals surface area contributed by atoms with E-state index in [1.54, 1.807) is 0 Å². The first-order chi connectivity index (χ1) is 28.6. The van der Waals surface area contributed by atoms with Gasteiger partial charge in [-0.25, -0.2) is 0 Å². The lowest BCUT2D eigenvalue weighted by molar-refractivity contribution is 0.590. The van der Waals surface area contributed by atoms with E-state index in [4.69, 9.17) is 0 Å². The first-order valence-corrected chi connectivity index (χ1v) is 21.6. The van der Waals surface area contributed by atoms with E-state index in [1.807, 2.05) is 11.3 Å². The first kappa shape index (κ1) is 35.8. The van der Waals surface area contributed by atoms with E-state index >= 15 is 0 Å². The average Bonchev–Trinajstić information content (AvgIpc) is 3.78. The second-order valence-electron chi connectivity index (χ2n) is 18.2. The average molecular weight is 780 g/mol. The number of rotatable bonds is 4. The first-order valence-electron chi connectivity index (χ1n) is 20.8. The van der Waals surface area contributed by atoms with Crippen molar-refractivity contribution in [1.82, 2.24) is 4.57 Å². The summed E-state index contributed by atoms with van der Waals surface area (Å²) in [5, 5.41) is 1.29. The molecule has 5 heteroatoms. The third-order valence-electron chi connectivity index (χ3n) is 12.5. The molecular weight excluding hydrogens is 733 g/mol. The summed E-state index contributed by atoms with van der Waals surface area (Å²) in [7, 11) is 0. The van der Waals surface area contributed by atoms with Crippen LogP contribution in [0.1, 0.15) is 52.7 Å². The zero-order valence-electron chi connectivity index (χ0n) is 34.5. The van der Waals surface area contributed by atoms with Gasteiger partial charge < -0.3 is 4.90 Å². The van der Waals surface area contributed by atoms with Gasteiger partial charge in [0.25, 0.3) is 6.71 Å². The molecule has 286 valence electrons. The van der Waals surface area contributed by atoms with Gasteiger partial charge in [0, 0.05) is 44.2 Å². The number of benzene rings is 7. The number of thiophene rings is 1. The largest absolute Gasteiger partial charge is 0.311 e. The lowest BCUT2D eigenvalue weighted by atomic mass is 9.34. The predicted octanol–water partition coefficient (Wildman–Crippen LogP) is 13.2. The van der Waals surface area contributed by atoms with Crippen molar-refractivity contribution in [2.75, 3.05) is 9.80 Å². The van der Waals surface area contributed by atoms with Crippen LogP contribution < -0.4 is 26.2 Å². The van der Waals surface area contributed by atoms with E-state index in [0.717, 1.165) is 17.1 Å². The number of anilines is 6. The molecule has 0 spiro atoms. The molecule has 0 radical (unpaired) electrons. The minimum absolute atomic E-state index is 0.00764. The molecule has 2 aliphatic heterocycles. The van der Waals surface area contributed by atoms with Crippen LogP contribution in [0, 0.1) is 0 Å². The van der Waals surface area contributed by atoms with Crippen LogP contribution in [0.2, 0.25) is 0 Å². The van der Waals surface area contributed by atoms with Gasteiger partial charge in [-0.3, -0.25) is 9.47 Å². The molecular formula is C54H46BN3S. The molecule has 0 fully saturated rings. The molecule has 9 aromatic rings. The van der Waals surface area contributed by atoms with Gasteiger partial charge in [0.2, 0.25) is 0 Å². The Bertz CT molecular complexity index is 3060. The number of para-hydroxylation sites is 1. The molecule has 4 heterocycles. The summed E-state index contributed by atoms with van der Waals surface area (Å²) in [6.45, 7) is 13.7. The fraction of sp³-hybridized carbons (Fsp3) is 0.148. The van der Waals surface area contributed by atoms with E-state index < -0.39 is 0 Å². The van der Waals surface area contributed by atoms with Crippen LogP contribution in [-0.2, 0) is 10.8 Å². The maximum absolute atomic E-state index is 2.57. The highest BCUT2D eigenvalue weighted by molar-refractivity contribution is 7.28. The molecule has 7 aromatic carbocycles. The Kier molecular flexibility index (Phi) is 7.96. The van der Waals surface area contributed by atoms with Gasteiger partial charge in [-0.15, -0.1) is 11.3 Å². The number of aromatic nitrogens is 1. The number of nitrogens with zero attached hydrogens (tertiary/aromatic N) is 3. The van der Waals surface area contributed by atoms with Crippen LogP contribution in [0.15, 0.2) is 170 Å². The monoisotopic (exact) mass is 779 g/mol. The van der Waals surface area contributed by atoms with E-state index in [2.05, 4.69) is 226 Å². The van der Waals surface area contributed by atoms with Crippen LogP contribution in [0.3, 0.4) is 0 Å². The second-order valence-corrected chi connectivity index (χ2v) is 19.3. The maximum Gasteiger partial charge on any atom is 0.256 e. The molecule has 2 aromatic heterocycles. The van der Waals surface area contributed by atoms with Crippen LogP contribution in [0.5, 0.6) is 0 Å². The highest BCUT2D eigenvalue weighted by Crippen LogP contribution is 2.49. The molecule has 11 rings (SSSR count). The van der Waals surface area contributed by atoms with Crippen molar-refractivity contribution in [2.45, 2.75) is 52.4 Å². The molecule has 0 N–H and O–H groups in total. The van der Waals surface area contributed by atoms with Gasteiger partial charge in [-0.1, -0.05) is 151 Å². The molecule has 0 atom stereocenters. The van der Waals surface area contributed by atoms with Gasteiger partial charge in [0.15, 0.2) is 0 Å².